The van der Waals surface area contributed by atoms with Crippen LogP contribution in [0.4, 0.5) is 28.0 Å². The van der Waals surface area contributed by atoms with Crippen molar-refractivity contribution >= 4 is 46.6 Å². The fourth-order valence-corrected chi connectivity index (χ4v) is 7.09. The van der Waals surface area contributed by atoms with Gasteiger partial charge in [-0.2, -0.15) is 8.78 Å². The van der Waals surface area contributed by atoms with Gasteiger partial charge in [0.1, 0.15) is 17.1 Å². The summed E-state index contributed by atoms with van der Waals surface area (Å²) in [5, 5.41) is 6.70. The highest BCUT2D eigenvalue weighted by Crippen LogP contribution is 2.33. The summed E-state index contributed by atoms with van der Waals surface area (Å²) in [7, 11) is 0. The summed E-state index contributed by atoms with van der Waals surface area (Å²) in [6, 6.07) is 5.26. The molecule has 0 radical (unpaired) electrons. The van der Waals surface area contributed by atoms with E-state index in [9.17, 15) is 36.2 Å². The Morgan fingerprint density at radius 1 is 0.646 bits per heavy atom. The summed E-state index contributed by atoms with van der Waals surface area (Å²) >= 11 is -3.36. The Hall–Kier alpha value is -5.67. The SMILES string of the molecule is CCCN(OCCNC(=O)NCCOCCOCCOCCOCCOCCOCCOCCOCCOCCOCCC(=O)Oc1c(F)c(F)c(S(=O)O)c(F)c1F)C(=O)C1=Cc2ccc(-c3cncnc3)cc2N=C(N)C1. The summed E-state index contributed by atoms with van der Waals surface area (Å²) in [5.41, 5.74) is 9.73. The summed E-state index contributed by atoms with van der Waals surface area (Å²) < 4.78 is 134. The van der Waals surface area contributed by atoms with Crippen molar-refractivity contribution in [3.63, 3.8) is 0 Å². The molecule has 3 amide bonds. The van der Waals surface area contributed by atoms with Gasteiger partial charge >= 0.3 is 12.0 Å². The van der Waals surface area contributed by atoms with Crippen molar-refractivity contribution in [2.45, 2.75) is 31.1 Å². The highest BCUT2D eigenvalue weighted by molar-refractivity contribution is 7.79. The Labute approximate surface area is 457 Å². The van der Waals surface area contributed by atoms with E-state index in [2.05, 4.69) is 30.3 Å². The maximum absolute atomic E-state index is 14.0. The fraction of sp³-hybridized carbons (Fsp3) is 0.560. The lowest BCUT2D eigenvalue weighted by Gasteiger charge is -2.22. The van der Waals surface area contributed by atoms with Crippen molar-refractivity contribution in [1.29, 1.82) is 0 Å². The quantitative estimate of drug-likeness (QED) is 0.0120. The zero-order chi connectivity index (χ0) is 56.9. The van der Waals surface area contributed by atoms with Crippen molar-refractivity contribution in [2.75, 3.05) is 158 Å². The van der Waals surface area contributed by atoms with Gasteiger partial charge in [-0.25, -0.2) is 37.8 Å². The molecule has 1 aliphatic heterocycles. The van der Waals surface area contributed by atoms with E-state index >= 15 is 0 Å². The van der Waals surface area contributed by atoms with Gasteiger partial charge in [-0.3, -0.25) is 14.4 Å². The number of rotatable bonds is 43. The van der Waals surface area contributed by atoms with E-state index < -0.39 is 63.4 Å². The van der Waals surface area contributed by atoms with Gasteiger partial charge in [0.15, 0.2) is 22.7 Å². The van der Waals surface area contributed by atoms with Crippen molar-refractivity contribution in [3.8, 4) is 16.9 Å². The number of halogens is 4. The van der Waals surface area contributed by atoms with E-state index in [1.54, 1.807) is 18.5 Å². The van der Waals surface area contributed by atoms with E-state index in [0.29, 0.717) is 123 Å². The Bertz CT molecular complexity index is 2360. The van der Waals surface area contributed by atoms with Crippen molar-refractivity contribution < 1.29 is 97.7 Å². The number of nitrogens with zero attached hydrogens (tertiary/aromatic N) is 4. The van der Waals surface area contributed by atoms with Crippen molar-refractivity contribution in [3.05, 3.63) is 71.3 Å². The highest BCUT2D eigenvalue weighted by atomic mass is 32.2. The number of aromatic nitrogens is 2. The topological polar surface area (TPSA) is 291 Å². The summed E-state index contributed by atoms with van der Waals surface area (Å²) in [6.45, 7) is 8.83. The Balaban J connectivity index is 0.836. The maximum atomic E-state index is 14.0. The lowest BCUT2D eigenvalue weighted by molar-refractivity contribution is -0.181. The maximum Gasteiger partial charge on any atom is 0.314 e. The Morgan fingerprint density at radius 2 is 1.10 bits per heavy atom. The first kappa shape index (κ1) is 65.8. The second-order valence-electron chi connectivity index (χ2n) is 16.3. The molecule has 24 nitrogen and oxygen atoms in total. The number of fused-ring (bicyclic) bond motifs is 1. The third-order valence-electron chi connectivity index (χ3n) is 10.4. The predicted molar refractivity (Wildman–Crippen MR) is 274 cm³/mol. The molecule has 0 saturated heterocycles. The average molecular weight is 1150 g/mol. The predicted octanol–water partition coefficient (Wildman–Crippen LogP) is 3.69. The van der Waals surface area contributed by atoms with Crippen LogP contribution in [0, 0.1) is 23.3 Å². The van der Waals surface area contributed by atoms with Crippen LogP contribution in [0.25, 0.3) is 17.2 Å². The van der Waals surface area contributed by atoms with E-state index in [1.165, 1.54) is 11.4 Å². The number of benzene rings is 2. The minimum absolute atomic E-state index is 0.0506. The number of hydroxylamine groups is 2. The Kier molecular flexibility index (Phi) is 33.1. The second-order valence-corrected chi connectivity index (χ2v) is 17.2. The highest BCUT2D eigenvalue weighted by Gasteiger charge is 2.31. The van der Waals surface area contributed by atoms with Crippen LogP contribution in [0.2, 0.25) is 0 Å². The average Bonchev–Trinajstić information content (AvgIpc) is 3.61. The monoisotopic (exact) mass is 1150 g/mol. The van der Waals surface area contributed by atoms with Gasteiger partial charge in [0.25, 0.3) is 5.91 Å². The molecule has 0 fully saturated rings. The minimum atomic E-state index is -3.36. The van der Waals surface area contributed by atoms with Gasteiger partial charge in [-0.05, 0) is 24.1 Å². The van der Waals surface area contributed by atoms with Gasteiger partial charge in [0.05, 0.1) is 151 Å². The number of nitrogens with one attached hydrogen (secondary N) is 2. The smallest absolute Gasteiger partial charge is 0.314 e. The van der Waals surface area contributed by atoms with Crippen LogP contribution < -0.4 is 21.1 Å². The van der Waals surface area contributed by atoms with E-state index in [-0.39, 0.29) is 71.7 Å². The lowest BCUT2D eigenvalue weighted by atomic mass is 10.0. The number of aliphatic imine (C=N–C) groups is 1. The standard InChI is InChI=1S/C50H69F4N7O17S/c1-2-8-61(49(63)38-30-37-4-3-36(39-33-56-35-57-34-39)31-40(37)60-41(55)32-38)77-11-7-59-50(64)58-6-10-68-13-15-70-17-19-72-21-23-74-25-27-76-29-28-75-26-24-73-22-20-71-18-16-69-14-12-67-9-5-42(62)78-47-43(51)45(53)48(79(65)66)46(54)44(47)52/h3-4,30-31,33-35H,2,5-29,32H2,1H3,(H2,55,60)(H,65,66)(H2,58,59,64). The van der Waals surface area contributed by atoms with E-state index in [1.807, 2.05) is 25.1 Å². The molecule has 0 aliphatic carbocycles. The summed E-state index contributed by atoms with van der Waals surface area (Å²) in [4.78, 5) is 54.4. The molecule has 0 bridgehead atoms. The number of amidine groups is 1. The molecule has 1 unspecified atom stereocenters. The Morgan fingerprint density at radius 3 is 1.57 bits per heavy atom. The van der Waals surface area contributed by atoms with Crippen LogP contribution in [0.5, 0.6) is 5.75 Å². The molecule has 1 aromatic heterocycles. The zero-order valence-corrected chi connectivity index (χ0v) is 44.7. The molecule has 29 heteroatoms. The summed E-state index contributed by atoms with van der Waals surface area (Å²) in [6.07, 6.45) is 6.93. The normalized spacial score (nSPS) is 12.6. The van der Waals surface area contributed by atoms with Gasteiger partial charge in [-0.15, -0.1) is 0 Å². The molecule has 0 saturated carbocycles. The van der Waals surface area contributed by atoms with Crippen LogP contribution in [0.15, 0.2) is 52.4 Å². The van der Waals surface area contributed by atoms with Crippen LogP contribution in [-0.4, -0.2) is 206 Å². The first-order valence-electron chi connectivity index (χ1n) is 25.3. The second kappa shape index (κ2) is 39.7. The van der Waals surface area contributed by atoms with E-state index in [0.717, 1.165) is 16.7 Å². The van der Waals surface area contributed by atoms with E-state index in [4.69, 9.17) is 62.5 Å². The number of hydrogen-bond acceptors (Lipinski definition) is 20. The molecule has 1 atom stereocenters. The molecule has 3 aromatic rings. The number of hydrogen-bond donors (Lipinski definition) is 4. The number of ether oxygens (including phenoxy) is 11. The van der Waals surface area contributed by atoms with Crippen molar-refractivity contribution in [2.24, 2.45) is 10.7 Å². The first-order valence-corrected chi connectivity index (χ1v) is 26.4. The number of carbonyl (C=O) groups excluding carboxylic acids is 3. The first-order chi connectivity index (χ1) is 38.4. The number of esters is 1. The van der Waals surface area contributed by atoms with Crippen LogP contribution >= 0.6 is 0 Å². The molecule has 1 aliphatic rings. The van der Waals surface area contributed by atoms with Gasteiger partial charge in [0, 0.05) is 55.1 Å². The van der Waals surface area contributed by atoms with Crippen LogP contribution in [0.1, 0.15) is 31.7 Å². The van der Waals surface area contributed by atoms with Crippen molar-refractivity contribution in [1.82, 2.24) is 25.7 Å². The molecular weight excluding hydrogens is 1080 g/mol. The third kappa shape index (κ3) is 26.0. The third-order valence-corrected chi connectivity index (χ3v) is 11.1. The molecule has 440 valence electrons. The fourth-order valence-electron chi connectivity index (χ4n) is 6.60. The van der Waals surface area contributed by atoms with Crippen LogP contribution in [0.3, 0.4) is 0 Å². The van der Waals surface area contributed by atoms with Crippen LogP contribution in [-0.2, 0) is 72.9 Å². The largest absolute Gasteiger partial charge is 0.420 e. The number of carbonyl (C=O) groups is 3. The molecule has 2 heterocycles. The molecule has 4 rings (SSSR count). The molecule has 2 aromatic carbocycles. The number of nitrogens with two attached hydrogens (primary N) is 1. The number of urea groups is 1. The molecule has 5 N–H and O–H groups in total. The minimum Gasteiger partial charge on any atom is -0.420 e. The summed E-state index contributed by atoms with van der Waals surface area (Å²) in [5.74, 6) is -11.5. The molecular formula is C50H69F4N7O17S. The van der Waals surface area contributed by atoms with Gasteiger partial charge in [-0.1, -0.05) is 19.1 Å². The number of amides is 3. The molecule has 0 spiro atoms. The van der Waals surface area contributed by atoms with Gasteiger partial charge in [0.2, 0.25) is 17.4 Å². The lowest BCUT2D eigenvalue weighted by Crippen LogP contribution is -2.41. The molecule has 79 heavy (non-hydrogen) atoms. The zero-order valence-electron chi connectivity index (χ0n) is 43.9. The van der Waals surface area contributed by atoms with Gasteiger partial charge < -0.3 is 73.0 Å².